The van der Waals surface area contributed by atoms with Crippen molar-refractivity contribution in [1.82, 2.24) is 10.3 Å². The molecule has 18 heavy (non-hydrogen) atoms. The van der Waals surface area contributed by atoms with E-state index in [1.165, 1.54) is 18.4 Å². The molecule has 3 nitrogen and oxygen atoms in total. The Kier molecular flexibility index (Phi) is 2.67. The highest BCUT2D eigenvalue weighted by molar-refractivity contribution is 5.74. The standard InChI is InChI=1S/C15H20N2O/c1-10(2)14-17-12-9-11(5-6-13(12)18-14)15(3)7-4-8-16-15/h5-6,9-10,16H,4,7-8H2,1-3H3. The molecule has 1 aliphatic heterocycles. The molecule has 1 aromatic heterocycles. The zero-order chi connectivity index (χ0) is 12.8. The van der Waals surface area contributed by atoms with Gasteiger partial charge in [0.15, 0.2) is 11.5 Å². The summed E-state index contributed by atoms with van der Waals surface area (Å²) in [5.74, 6) is 1.16. The van der Waals surface area contributed by atoms with Crippen LogP contribution in [0.4, 0.5) is 0 Å². The van der Waals surface area contributed by atoms with Crippen molar-refractivity contribution >= 4 is 11.1 Å². The lowest BCUT2D eigenvalue weighted by molar-refractivity contribution is 0.435. The van der Waals surface area contributed by atoms with Crippen molar-refractivity contribution in [3.05, 3.63) is 29.7 Å². The quantitative estimate of drug-likeness (QED) is 0.878. The fourth-order valence-electron chi connectivity index (χ4n) is 2.68. The summed E-state index contributed by atoms with van der Waals surface area (Å²) in [5, 5.41) is 3.59. The normalized spacial score (nSPS) is 24.2. The first-order valence-corrected chi connectivity index (χ1v) is 6.74. The van der Waals surface area contributed by atoms with Crippen LogP contribution in [0.25, 0.3) is 11.1 Å². The molecule has 1 atom stereocenters. The zero-order valence-electron chi connectivity index (χ0n) is 11.3. The van der Waals surface area contributed by atoms with E-state index in [4.69, 9.17) is 4.42 Å². The highest BCUT2D eigenvalue weighted by atomic mass is 16.3. The first-order valence-electron chi connectivity index (χ1n) is 6.74. The molecular formula is C15H20N2O. The molecule has 1 saturated heterocycles. The first-order chi connectivity index (χ1) is 8.58. The number of aromatic nitrogens is 1. The first kappa shape index (κ1) is 11.7. The van der Waals surface area contributed by atoms with Gasteiger partial charge in [0.1, 0.15) is 5.52 Å². The Labute approximate surface area is 108 Å². The summed E-state index contributed by atoms with van der Waals surface area (Å²) in [7, 11) is 0. The molecule has 1 aliphatic rings. The summed E-state index contributed by atoms with van der Waals surface area (Å²) in [6, 6.07) is 6.38. The van der Waals surface area contributed by atoms with E-state index in [9.17, 15) is 0 Å². The molecule has 1 N–H and O–H groups in total. The van der Waals surface area contributed by atoms with Crippen LogP contribution in [0.2, 0.25) is 0 Å². The largest absolute Gasteiger partial charge is 0.440 e. The molecule has 3 rings (SSSR count). The maximum atomic E-state index is 5.75. The molecule has 1 fully saturated rings. The van der Waals surface area contributed by atoms with Gasteiger partial charge in [-0.2, -0.15) is 0 Å². The van der Waals surface area contributed by atoms with Gasteiger partial charge in [0, 0.05) is 11.5 Å². The molecule has 1 aromatic carbocycles. The van der Waals surface area contributed by atoms with E-state index in [0.717, 1.165) is 23.5 Å². The number of fused-ring (bicyclic) bond motifs is 1. The molecule has 0 radical (unpaired) electrons. The summed E-state index contributed by atoms with van der Waals surface area (Å²) < 4.78 is 5.75. The Morgan fingerprint density at radius 1 is 1.39 bits per heavy atom. The van der Waals surface area contributed by atoms with Gasteiger partial charge in [-0.05, 0) is 44.0 Å². The number of nitrogens with one attached hydrogen (secondary N) is 1. The third-order valence-corrected chi connectivity index (χ3v) is 3.90. The van der Waals surface area contributed by atoms with Gasteiger partial charge in [-0.25, -0.2) is 4.98 Å². The van der Waals surface area contributed by atoms with Gasteiger partial charge in [0.2, 0.25) is 0 Å². The van der Waals surface area contributed by atoms with E-state index >= 15 is 0 Å². The molecule has 0 aliphatic carbocycles. The Hall–Kier alpha value is -1.35. The average Bonchev–Trinajstić information content (AvgIpc) is 2.94. The number of rotatable bonds is 2. The van der Waals surface area contributed by atoms with Crippen LogP contribution < -0.4 is 5.32 Å². The van der Waals surface area contributed by atoms with Gasteiger partial charge in [-0.15, -0.1) is 0 Å². The molecule has 1 unspecified atom stereocenters. The minimum absolute atomic E-state index is 0.102. The van der Waals surface area contributed by atoms with Crippen LogP contribution >= 0.6 is 0 Å². The smallest absolute Gasteiger partial charge is 0.198 e. The second-order valence-electron chi connectivity index (χ2n) is 5.75. The number of benzene rings is 1. The van der Waals surface area contributed by atoms with Gasteiger partial charge >= 0.3 is 0 Å². The van der Waals surface area contributed by atoms with Crippen LogP contribution in [-0.2, 0) is 5.54 Å². The molecule has 2 aromatic rings. The third kappa shape index (κ3) is 1.83. The Bertz CT molecular complexity index is 565. The van der Waals surface area contributed by atoms with E-state index in [1.807, 2.05) is 0 Å². The number of hydrogen-bond acceptors (Lipinski definition) is 3. The van der Waals surface area contributed by atoms with Crippen molar-refractivity contribution in [1.29, 1.82) is 0 Å². The molecule has 0 saturated carbocycles. The van der Waals surface area contributed by atoms with Crippen LogP contribution in [0.5, 0.6) is 0 Å². The van der Waals surface area contributed by atoms with E-state index in [0.29, 0.717) is 5.92 Å². The number of oxazole rings is 1. The van der Waals surface area contributed by atoms with Crippen molar-refractivity contribution in [3.63, 3.8) is 0 Å². The summed E-state index contributed by atoms with van der Waals surface area (Å²) >= 11 is 0. The maximum Gasteiger partial charge on any atom is 0.198 e. The zero-order valence-corrected chi connectivity index (χ0v) is 11.3. The Morgan fingerprint density at radius 3 is 2.89 bits per heavy atom. The fourth-order valence-corrected chi connectivity index (χ4v) is 2.68. The lowest BCUT2D eigenvalue weighted by Gasteiger charge is -2.24. The minimum atomic E-state index is 0.102. The lowest BCUT2D eigenvalue weighted by atomic mass is 9.90. The fraction of sp³-hybridized carbons (Fsp3) is 0.533. The van der Waals surface area contributed by atoms with Gasteiger partial charge in [-0.1, -0.05) is 19.9 Å². The van der Waals surface area contributed by atoms with Gasteiger partial charge in [-0.3, -0.25) is 0 Å². The third-order valence-electron chi connectivity index (χ3n) is 3.90. The highest BCUT2D eigenvalue weighted by Gasteiger charge is 2.30. The van der Waals surface area contributed by atoms with Gasteiger partial charge < -0.3 is 9.73 Å². The summed E-state index contributed by atoms with van der Waals surface area (Å²) in [6.45, 7) is 7.58. The molecule has 2 heterocycles. The predicted molar refractivity (Wildman–Crippen MR) is 72.7 cm³/mol. The maximum absolute atomic E-state index is 5.75. The van der Waals surface area contributed by atoms with Crippen LogP contribution in [0.3, 0.4) is 0 Å². The second kappa shape index (κ2) is 4.09. The van der Waals surface area contributed by atoms with Gasteiger partial charge in [0.05, 0.1) is 0 Å². The summed E-state index contributed by atoms with van der Waals surface area (Å²) in [4.78, 5) is 4.58. The van der Waals surface area contributed by atoms with Crippen molar-refractivity contribution < 1.29 is 4.42 Å². The molecular weight excluding hydrogens is 224 g/mol. The minimum Gasteiger partial charge on any atom is -0.440 e. The summed E-state index contributed by atoms with van der Waals surface area (Å²) in [5.41, 5.74) is 3.29. The monoisotopic (exact) mass is 244 g/mol. The predicted octanol–water partition coefficient (Wildman–Crippen LogP) is 3.55. The summed E-state index contributed by atoms with van der Waals surface area (Å²) in [6.07, 6.45) is 2.43. The Morgan fingerprint density at radius 2 is 2.22 bits per heavy atom. The lowest BCUT2D eigenvalue weighted by Crippen LogP contribution is -2.32. The van der Waals surface area contributed by atoms with Gasteiger partial charge in [0.25, 0.3) is 0 Å². The SMILES string of the molecule is CC(C)c1nc2cc(C3(C)CCCN3)ccc2o1. The topological polar surface area (TPSA) is 38.1 Å². The van der Waals surface area contributed by atoms with Crippen molar-refractivity contribution in [3.8, 4) is 0 Å². The highest BCUT2D eigenvalue weighted by Crippen LogP contribution is 2.32. The van der Waals surface area contributed by atoms with Crippen LogP contribution in [0.15, 0.2) is 22.6 Å². The van der Waals surface area contributed by atoms with Crippen molar-refractivity contribution in [2.75, 3.05) is 6.54 Å². The van der Waals surface area contributed by atoms with E-state index in [2.05, 4.69) is 49.3 Å². The van der Waals surface area contributed by atoms with Crippen LogP contribution in [-0.4, -0.2) is 11.5 Å². The van der Waals surface area contributed by atoms with Crippen molar-refractivity contribution in [2.24, 2.45) is 0 Å². The second-order valence-corrected chi connectivity index (χ2v) is 5.75. The van der Waals surface area contributed by atoms with Crippen molar-refractivity contribution in [2.45, 2.75) is 45.1 Å². The molecule has 0 bridgehead atoms. The van der Waals surface area contributed by atoms with E-state index in [-0.39, 0.29) is 5.54 Å². The van der Waals surface area contributed by atoms with E-state index in [1.54, 1.807) is 0 Å². The number of hydrogen-bond donors (Lipinski definition) is 1. The van der Waals surface area contributed by atoms with Crippen LogP contribution in [0.1, 0.15) is 51.0 Å². The van der Waals surface area contributed by atoms with E-state index < -0.39 is 0 Å². The molecule has 0 spiro atoms. The molecule has 96 valence electrons. The van der Waals surface area contributed by atoms with Crippen LogP contribution in [0, 0.1) is 0 Å². The average molecular weight is 244 g/mol. The molecule has 3 heteroatoms. The Balaban J connectivity index is 2.05. The molecule has 0 amide bonds. The number of nitrogens with zero attached hydrogens (tertiary/aromatic N) is 1.